The lowest BCUT2D eigenvalue weighted by atomic mass is 10.0. The monoisotopic (exact) mass is 286 g/mol. The van der Waals surface area contributed by atoms with Gasteiger partial charge in [0.05, 0.1) is 10.0 Å². The fraction of sp³-hybridized carbons (Fsp3) is 0.571. The summed E-state index contributed by atoms with van der Waals surface area (Å²) in [6.07, 6.45) is 5.20. The van der Waals surface area contributed by atoms with Crippen LogP contribution in [0.2, 0.25) is 10.0 Å². The van der Waals surface area contributed by atoms with Crippen LogP contribution in [-0.2, 0) is 0 Å². The summed E-state index contributed by atoms with van der Waals surface area (Å²) in [6.45, 7) is 0.602. The highest BCUT2D eigenvalue weighted by Crippen LogP contribution is 2.32. The summed E-state index contributed by atoms with van der Waals surface area (Å²) >= 11 is 12.0. The van der Waals surface area contributed by atoms with Crippen molar-refractivity contribution >= 4 is 23.2 Å². The molecular formula is C14H20Cl2N2. The van der Waals surface area contributed by atoms with Crippen LogP contribution in [0.5, 0.6) is 0 Å². The molecule has 0 aliphatic heterocycles. The second kappa shape index (κ2) is 6.25. The highest BCUT2D eigenvalue weighted by atomic mass is 35.5. The molecule has 2 rings (SSSR count). The number of benzene rings is 1. The van der Waals surface area contributed by atoms with E-state index in [4.69, 9.17) is 28.9 Å². The second-order valence-corrected chi connectivity index (χ2v) is 5.84. The van der Waals surface area contributed by atoms with Crippen molar-refractivity contribution in [2.45, 2.75) is 37.8 Å². The van der Waals surface area contributed by atoms with Crippen LogP contribution in [0.15, 0.2) is 18.2 Å². The van der Waals surface area contributed by atoms with E-state index in [1.54, 1.807) is 0 Å². The third-order valence-corrected chi connectivity index (χ3v) is 4.68. The summed E-state index contributed by atoms with van der Waals surface area (Å²) < 4.78 is 0. The zero-order valence-electron chi connectivity index (χ0n) is 10.7. The number of likely N-dealkylation sites (N-methyl/N-ethyl adjacent to an activating group) is 1. The predicted molar refractivity (Wildman–Crippen MR) is 78.3 cm³/mol. The van der Waals surface area contributed by atoms with Crippen LogP contribution >= 0.6 is 23.2 Å². The Hall–Kier alpha value is -0.280. The number of nitrogens with zero attached hydrogens (tertiary/aromatic N) is 1. The Morgan fingerprint density at radius 1 is 1.28 bits per heavy atom. The molecule has 1 unspecified atom stereocenters. The molecule has 0 amide bonds. The standard InChI is InChI=1S/C14H20Cl2N2/c1-18(11-4-2-3-5-11)14(9-17)10-6-7-12(15)13(16)8-10/h6-8,11,14H,2-5,9,17H2,1H3. The molecule has 0 radical (unpaired) electrons. The third kappa shape index (κ3) is 3.00. The van der Waals surface area contributed by atoms with Gasteiger partial charge in [-0.2, -0.15) is 0 Å². The van der Waals surface area contributed by atoms with E-state index in [9.17, 15) is 0 Å². The van der Waals surface area contributed by atoms with Crippen LogP contribution in [-0.4, -0.2) is 24.5 Å². The molecule has 1 fully saturated rings. The molecule has 2 nitrogen and oxygen atoms in total. The summed E-state index contributed by atoms with van der Waals surface area (Å²) in [5.41, 5.74) is 7.10. The first-order valence-electron chi connectivity index (χ1n) is 6.50. The Bertz CT molecular complexity index is 403. The average molecular weight is 287 g/mol. The topological polar surface area (TPSA) is 29.3 Å². The summed E-state index contributed by atoms with van der Waals surface area (Å²) in [7, 11) is 2.16. The minimum atomic E-state index is 0.225. The zero-order valence-corrected chi connectivity index (χ0v) is 12.2. The van der Waals surface area contributed by atoms with Crippen LogP contribution in [0, 0.1) is 0 Å². The average Bonchev–Trinajstić information content (AvgIpc) is 2.88. The zero-order chi connectivity index (χ0) is 13.1. The van der Waals surface area contributed by atoms with Crippen LogP contribution in [0.4, 0.5) is 0 Å². The number of rotatable bonds is 4. The Morgan fingerprint density at radius 2 is 1.94 bits per heavy atom. The quantitative estimate of drug-likeness (QED) is 0.911. The summed E-state index contributed by atoms with van der Waals surface area (Å²) in [4.78, 5) is 2.40. The van der Waals surface area contributed by atoms with Crippen molar-refractivity contribution < 1.29 is 0 Å². The molecule has 1 aromatic rings. The molecule has 0 spiro atoms. The van der Waals surface area contributed by atoms with E-state index in [0.29, 0.717) is 22.6 Å². The molecule has 2 N–H and O–H groups in total. The third-order valence-electron chi connectivity index (χ3n) is 3.94. The molecule has 0 bridgehead atoms. The molecular weight excluding hydrogens is 267 g/mol. The Morgan fingerprint density at radius 3 is 2.50 bits per heavy atom. The predicted octanol–water partition coefficient (Wildman–Crippen LogP) is 3.87. The summed E-state index contributed by atoms with van der Waals surface area (Å²) in [6, 6.07) is 6.69. The van der Waals surface area contributed by atoms with Gasteiger partial charge < -0.3 is 5.73 Å². The van der Waals surface area contributed by atoms with E-state index < -0.39 is 0 Å². The fourth-order valence-electron chi connectivity index (χ4n) is 2.82. The van der Waals surface area contributed by atoms with Crippen LogP contribution in [0.1, 0.15) is 37.3 Å². The van der Waals surface area contributed by atoms with Crippen molar-refractivity contribution in [1.82, 2.24) is 4.90 Å². The highest BCUT2D eigenvalue weighted by molar-refractivity contribution is 6.42. The first-order chi connectivity index (χ1) is 8.63. The van der Waals surface area contributed by atoms with E-state index in [1.807, 2.05) is 18.2 Å². The molecule has 100 valence electrons. The van der Waals surface area contributed by atoms with Crippen molar-refractivity contribution in [1.29, 1.82) is 0 Å². The smallest absolute Gasteiger partial charge is 0.0595 e. The van der Waals surface area contributed by atoms with E-state index in [2.05, 4.69) is 11.9 Å². The van der Waals surface area contributed by atoms with Gasteiger partial charge in [0.1, 0.15) is 0 Å². The molecule has 0 aromatic heterocycles. The first-order valence-corrected chi connectivity index (χ1v) is 7.26. The van der Waals surface area contributed by atoms with Crippen LogP contribution in [0.25, 0.3) is 0 Å². The Balaban J connectivity index is 2.18. The lowest BCUT2D eigenvalue weighted by molar-refractivity contribution is 0.179. The van der Waals surface area contributed by atoms with Crippen molar-refractivity contribution in [2.75, 3.05) is 13.6 Å². The van der Waals surface area contributed by atoms with Gasteiger partial charge >= 0.3 is 0 Å². The molecule has 0 heterocycles. The van der Waals surface area contributed by atoms with Crippen LogP contribution < -0.4 is 5.73 Å². The van der Waals surface area contributed by atoms with Gasteiger partial charge in [-0.25, -0.2) is 0 Å². The van der Waals surface area contributed by atoms with Gasteiger partial charge in [0.15, 0.2) is 0 Å². The van der Waals surface area contributed by atoms with Gasteiger partial charge in [-0.15, -0.1) is 0 Å². The maximum Gasteiger partial charge on any atom is 0.0595 e. The summed E-state index contributed by atoms with van der Waals surface area (Å²) in [5.74, 6) is 0. The maximum atomic E-state index is 6.09. The number of hydrogen-bond donors (Lipinski definition) is 1. The maximum absolute atomic E-state index is 6.09. The minimum absolute atomic E-state index is 0.225. The van der Waals surface area contributed by atoms with Crippen molar-refractivity contribution in [2.24, 2.45) is 5.73 Å². The van der Waals surface area contributed by atoms with E-state index >= 15 is 0 Å². The molecule has 0 saturated heterocycles. The molecule has 1 aromatic carbocycles. The normalized spacial score (nSPS) is 18.5. The fourth-order valence-corrected chi connectivity index (χ4v) is 3.13. The van der Waals surface area contributed by atoms with E-state index in [0.717, 1.165) is 5.56 Å². The first kappa shape index (κ1) is 14.1. The number of halogens is 2. The molecule has 4 heteroatoms. The SMILES string of the molecule is CN(C1CCCC1)C(CN)c1ccc(Cl)c(Cl)c1. The highest BCUT2D eigenvalue weighted by Gasteiger charge is 2.26. The van der Waals surface area contributed by atoms with Gasteiger partial charge in [0.25, 0.3) is 0 Å². The van der Waals surface area contributed by atoms with E-state index in [1.165, 1.54) is 25.7 Å². The van der Waals surface area contributed by atoms with Crippen molar-refractivity contribution in [3.05, 3.63) is 33.8 Å². The largest absolute Gasteiger partial charge is 0.329 e. The molecule has 1 atom stereocenters. The Labute approximate surface area is 119 Å². The lowest BCUT2D eigenvalue weighted by Crippen LogP contribution is -2.37. The van der Waals surface area contributed by atoms with E-state index in [-0.39, 0.29) is 6.04 Å². The number of hydrogen-bond acceptors (Lipinski definition) is 2. The van der Waals surface area contributed by atoms with Gasteiger partial charge in [0, 0.05) is 18.6 Å². The van der Waals surface area contributed by atoms with Crippen LogP contribution in [0.3, 0.4) is 0 Å². The van der Waals surface area contributed by atoms with Gasteiger partial charge in [-0.05, 0) is 37.6 Å². The van der Waals surface area contributed by atoms with Crippen molar-refractivity contribution in [3.8, 4) is 0 Å². The molecule has 1 aliphatic carbocycles. The van der Waals surface area contributed by atoms with Crippen molar-refractivity contribution in [3.63, 3.8) is 0 Å². The number of nitrogens with two attached hydrogens (primary N) is 1. The minimum Gasteiger partial charge on any atom is -0.329 e. The molecule has 1 aliphatic rings. The summed E-state index contributed by atoms with van der Waals surface area (Å²) in [5, 5.41) is 1.20. The molecule has 1 saturated carbocycles. The van der Waals surface area contributed by atoms with Gasteiger partial charge in [0.2, 0.25) is 0 Å². The molecule has 18 heavy (non-hydrogen) atoms. The second-order valence-electron chi connectivity index (χ2n) is 5.03. The van der Waals surface area contributed by atoms with Gasteiger partial charge in [-0.3, -0.25) is 4.90 Å². The lowest BCUT2D eigenvalue weighted by Gasteiger charge is -2.32. The Kier molecular flexibility index (Phi) is 4.91. The van der Waals surface area contributed by atoms with Gasteiger partial charge in [-0.1, -0.05) is 42.1 Å².